The molecule has 1 N–H and O–H groups in total. The van der Waals surface area contributed by atoms with Gasteiger partial charge in [-0.3, -0.25) is 0 Å². The van der Waals surface area contributed by atoms with Gasteiger partial charge in [0.2, 0.25) is 0 Å². The van der Waals surface area contributed by atoms with E-state index in [1.807, 2.05) is 0 Å². The number of hydrogen-bond acceptors (Lipinski definition) is 3. The smallest absolute Gasteiger partial charge is 0.140 e. The van der Waals surface area contributed by atoms with Crippen LogP contribution in [0.4, 0.5) is 0 Å². The van der Waals surface area contributed by atoms with Crippen molar-refractivity contribution in [2.45, 2.75) is 45.6 Å². The van der Waals surface area contributed by atoms with E-state index in [9.17, 15) is 0 Å². The van der Waals surface area contributed by atoms with Gasteiger partial charge in [0.1, 0.15) is 11.5 Å². The molecule has 2 rings (SSSR count). The maximum absolute atomic E-state index is 5.33. The first-order chi connectivity index (χ1) is 6.92. The summed E-state index contributed by atoms with van der Waals surface area (Å²) in [6.07, 6.45) is 5.94. The van der Waals surface area contributed by atoms with E-state index in [-0.39, 0.29) is 0 Å². The van der Waals surface area contributed by atoms with Gasteiger partial charge < -0.3 is 9.84 Å². The standard InChI is InChI=1S/C11H18N2O/c1-2-7-12-8-10-9-5-3-4-6-11(9)14-13-10/h12H,2-8H2,1H3. The van der Waals surface area contributed by atoms with Crippen molar-refractivity contribution < 1.29 is 4.52 Å². The largest absolute Gasteiger partial charge is 0.361 e. The average molecular weight is 194 g/mol. The Kier molecular flexibility index (Phi) is 3.19. The van der Waals surface area contributed by atoms with Crippen molar-refractivity contribution in [1.82, 2.24) is 10.5 Å². The molecule has 0 unspecified atom stereocenters. The minimum Gasteiger partial charge on any atom is -0.361 e. The summed E-state index contributed by atoms with van der Waals surface area (Å²) in [6.45, 7) is 4.10. The minimum atomic E-state index is 0.868. The molecular weight excluding hydrogens is 176 g/mol. The number of nitrogens with zero attached hydrogens (tertiary/aromatic N) is 1. The Bertz CT molecular complexity index is 293. The number of nitrogens with one attached hydrogen (secondary N) is 1. The average Bonchev–Trinajstić information content (AvgIpc) is 2.63. The molecule has 3 nitrogen and oxygen atoms in total. The Morgan fingerprint density at radius 1 is 1.36 bits per heavy atom. The van der Waals surface area contributed by atoms with Gasteiger partial charge in [-0.05, 0) is 32.2 Å². The monoisotopic (exact) mass is 194 g/mol. The maximum atomic E-state index is 5.33. The summed E-state index contributed by atoms with van der Waals surface area (Å²) >= 11 is 0. The molecule has 0 amide bonds. The third-order valence-corrected chi connectivity index (χ3v) is 2.75. The van der Waals surface area contributed by atoms with Crippen LogP contribution in [0.2, 0.25) is 0 Å². The van der Waals surface area contributed by atoms with Crippen molar-refractivity contribution in [2.24, 2.45) is 0 Å². The van der Waals surface area contributed by atoms with Crippen molar-refractivity contribution in [3.05, 3.63) is 17.0 Å². The summed E-state index contributed by atoms with van der Waals surface area (Å²) in [5.41, 5.74) is 2.51. The highest BCUT2D eigenvalue weighted by atomic mass is 16.5. The van der Waals surface area contributed by atoms with Crippen molar-refractivity contribution in [3.63, 3.8) is 0 Å². The summed E-state index contributed by atoms with van der Waals surface area (Å²) in [6, 6.07) is 0. The van der Waals surface area contributed by atoms with Crippen LogP contribution in [0.15, 0.2) is 4.52 Å². The maximum Gasteiger partial charge on any atom is 0.140 e. The first kappa shape index (κ1) is 9.71. The van der Waals surface area contributed by atoms with Gasteiger partial charge in [0.05, 0.1) is 0 Å². The number of aromatic nitrogens is 1. The van der Waals surface area contributed by atoms with Crippen LogP contribution in [-0.4, -0.2) is 11.7 Å². The summed E-state index contributed by atoms with van der Waals surface area (Å²) < 4.78 is 5.33. The number of aryl methyl sites for hydroxylation is 1. The molecule has 1 aliphatic carbocycles. The van der Waals surface area contributed by atoms with Gasteiger partial charge in [0.25, 0.3) is 0 Å². The van der Waals surface area contributed by atoms with Gasteiger partial charge in [-0.2, -0.15) is 0 Å². The second-order valence-corrected chi connectivity index (χ2v) is 3.91. The fourth-order valence-electron chi connectivity index (χ4n) is 1.97. The van der Waals surface area contributed by atoms with Crippen LogP contribution in [-0.2, 0) is 19.4 Å². The third kappa shape index (κ3) is 1.98. The van der Waals surface area contributed by atoms with E-state index in [1.54, 1.807) is 0 Å². The lowest BCUT2D eigenvalue weighted by Gasteiger charge is -2.09. The van der Waals surface area contributed by atoms with Crippen molar-refractivity contribution >= 4 is 0 Å². The molecule has 14 heavy (non-hydrogen) atoms. The SMILES string of the molecule is CCCNCc1noc2c1CCCC2. The molecule has 0 aromatic carbocycles. The van der Waals surface area contributed by atoms with Crippen LogP contribution >= 0.6 is 0 Å². The first-order valence-corrected chi connectivity index (χ1v) is 5.59. The van der Waals surface area contributed by atoms with Gasteiger partial charge in [-0.1, -0.05) is 12.1 Å². The zero-order valence-corrected chi connectivity index (χ0v) is 8.81. The summed E-state index contributed by atoms with van der Waals surface area (Å²) in [5.74, 6) is 1.13. The molecule has 78 valence electrons. The van der Waals surface area contributed by atoms with Crippen LogP contribution < -0.4 is 5.32 Å². The second kappa shape index (κ2) is 4.60. The summed E-state index contributed by atoms with van der Waals surface area (Å²) in [7, 11) is 0. The zero-order chi connectivity index (χ0) is 9.80. The Morgan fingerprint density at radius 2 is 2.21 bits per heavy atom. The lowest BCUT2D eigenvalue weighted by Crippen LogP contribution is -2.15. The Labute approximate surface area is 84.9 Å². The topological polar surface area (TPSA) is 38.1 Å². The Morgan fingerprint density at radius 3 is 3.07 bits per heavy atom. The predicted molar refractivity (Wildman–Crippen MR) is 55.1 cm³/mol. The molecule has 0 saturated carbocycles. The fraction of sp³-hybridized carbons (Fsp3) is 0.727. The fourth-order valence-corrected chi connectivity index (χ4v) is 1.97. The molecule has 1 aromatic rings. The minimum absolute atomic E-state index is 0.868. The van der Waals surface area contributed by atoms with Crippen LogP contribution in [0.3, 0.4) is 0 Å². The number of fused-ring (bicyclic) bond motifs is 1. The molecule has 0 atom stereocenters. The molecule has 0 aliphatic heterocycles. The van der Waals surface area contributed by atoms with Crippen LogP contribution in [0.25, 0.3) is 0 Å². The van der Waals surface area contributed by atoms with Crippen LogP contribution in [0.5, 0.6) is 0 Å². The normalized spacial score (nSPS) is 15.5. The van der Waals surface area contributed by atoms with E-state index in [4.69, 9.17) is 4.52 Å². The second-order valence-electron chi connectivity index (χ2n) is 3.91. The lowest BCUT2D eigenvalue weighted by atomic mass is 9.96. The van der Waals surface area contributed by atoms with Crippen molar-refractivity contribution in [3.8, 4) is 0 Å². The quantitative estimate of drug-likeness (QED) is 0.745. The molecule has 1 aromatic heterocycles. The van der Waals surface area contributed by atoms with Gasteiger partial charge in [-0.15, -0.1) is 0 Å². The van der Waals surface area contributed by atoms with E-state index >= 15 is 0 Å². The summed E-state index contributed by atoms with van der Waals surface area (Å²) in [4.78, 5) is 0. The van der Waals surface area contributed by atoms with Crippen LogP contribution in [0, 0.1) is 0 Å². The highest BCUT2D eigenvalue weighted by molar-refractivity contribution is 5.25. The number of hydrogen-bond donors (Lipinski definition) is 1. The Hall–Kier alpha value is -0.830. The molecule has 0 bridgehead atoms. The molecule has 0 radical (unpaired) electrons. The Balaban J connectivity index is 1.99. The molecule has 1 heterocycles. The number of rotatable bonds is 4. The van der Waals surface area contributed by atoms with Gasteiger partial charge in [0, 0.05) is 18.5 Å². The molecular formula is C11H18N2O. The van der Waals surface area contributed by atoms with Gasteiger partial charge in [0.15, 0.2) is 0 Å². The van der Waals surface area contributed by atoms with Crippen molar-refractivity contribution in [2.75, 3.05) is 6.54 Å². The third-order valence-electron chi connectivity index (χ3n) is 2.75. The van der Waals surface area contributed by atoms with E-state index in [1.165, 1.54) is 24.8 Å². The molecule has 3 heteroatoms. The van der Waals surface area contributed by atoms with Gasteiger partial charge in [-0.25, -0.2) is 0 Å². The molecule has 0 saturated heterocycles. The molecule has 1 aliphatic rings. The predicted octanol–water partition coefficient (Wildman–Crippen LogP) is 2.05. The zero-order valence-electron chi connectivity index (χ0n) is 8.81. The van der Waals surface area contributed by atoms with E-state index in [2.05, 4.69) is 17.4 Å². The molecule has 0 fully saturated rings. The van der Waals surface area contributed by atoms with E-state index in [0.29, 0.717) is 0 Å². The lowest BCUT2D eigenvalue weighted by molar-refractivity contribution is 0.366. The summed E-state index contributed by atoms with van der Waals surface area (Å²) in [5, 5.41) is 7.50. The van der Waals surface area contributed by atoms with Gasteiger partial charge >= 0.3 is 0 Å². The van der Waals surface area contributed by atoms with E-state index in [0.717, 1.165) is 37.4 Å². The van der Waals surface area contributed by atoms with Crippen LogP contribution in [0.1, 0.15) is 43.2 Å². The highest BCUT2D eigenvalue weighted by Crippen LogP contribution is 2.23. The first-order valence-electron chi connectivity index (χ1n) is 5.59. The van der Waals surface area contributed by atoms with Crippen molar-refractivity contribution in [1.29, 1.82) is 0 Å². The molecule has 0 spiro atoms. The highest BCUT2D eigenvalue weighted by Gasteiger charge is 2.18. The van der Waals surface area contributed by atoms with E-state index < -0.39 is 0 Å².